The molecule has 0 aliphatic heterocycles. The number of hydrogen-bond donors (Lipinski definition) is 1. The molecule has 0 fully saturated rings. The number of nitrogens with zero attached hydrogens (tertiary/aromatic N) is 3. The number of benzene rings is 1. The molecule has 0 spiro atoms. The van der Waals surface area contributed by atoms with Crippen LogP contribution in [0.4, 0.5) is 10.8 Å². The Kier molecular flexibility index (Phi) is 3.63. The number of aryl methyl sites for hydroxylation is 1. The highest BCUT2D eigenvalue weighted by molar-refractivity contribution is 7.13. The van der Waals surface area contributed by atoms with Crippen LogP contribution in [-0.4, -0.2) is 16.1 Å². The summed E-state index contributed by atoms with van der Waals surface area (Å²) >= 11 is 1.47. The molecule has 1 aromatic heterocycles. The first kappa shape index (κ1) is 12.2. The van der Waals surface area contributed by atoms with E-state index in [-0.39, 0.29) is 5.69 Å². The van der Waals surface area contributed by atoms with Gasteiger partial charge in [0, 0.05) is 17.5 Å². The fraction of sp³-hybridized carbons (Fsp3) is 0.0909. The highest BCUT2D eigenvalue weighted by atomic mass is 32.1. The van der Waals surface area contributed by atoms with E-state index in [0.29, 0.717) is 5.13 Å². The average Bonchev–Trinajstić information content (AvgIpc) is 2.76. The molecule has 1 heterocycles. The quantitative estimate of drug-likeness (QED) is 0.522. The molecule has 0 saturated carbocycles. The van der Waals surface area contributed by atoms with Gasteiger partial charge in [-0.3, -0.25) is 15.5 Å². The smallest absolute Gasteiger partial charge is 0.258 e. The van der Waals surface area contributed by atoms with Gasteiger partial charge in [0.2, 0.25) is 5.13 Å². The number of hydrazone groups is 1. The van der Waals surface area contributed by atoms with Crippen LogP contribution in [0.25, 0.3) is 0 Å². The average molecular weight is 262 g/mol. The SMILES string of the molecule is Cc1csc(N/N=C\c2ccc([N+](=O)[O-])cc2)n1. The van der Waals surface area contributed by atoms with Gasteiger partial charge < -0.3 is 0 Å². The minimum Gasteiger partial charge on any atom is -0.258 e. The molecule has 0 bridgehead atoms. The minimum absolute atomic E-state index is 0.0654. The van der Waals surface area contributed by atoms with Crippen molar-refractivity contribution in [1.29, 1.82) is 0 Å². The van der Waals surface area contributed by atoms with Gasteiger partial charge in [-0.25, -0.2) is 4.98 Å². The van der Waals surface area contributed by atoms with Crippen LogP contribution in [0.15, 0.2) is 34.7 Å². The molecule has 0 radical (unpaired) electrons. The Morgan fingerprint density at radius 2 is 2.17 bits per heavy atom. The first-order valence-corrected chi connectivity index (χ1v) is 5.99. The highest BCUT2D eigenvalue weighted by Crippen LogP contribution is 2.14. The number of hydrogen-bond acceptors (Lipinski definition) is 6. The number of nitrogens with one attached hydrogen (secondary N) is 1. The molecular formula is C11H10N4O2S. The van der Waals surface area contributed by atoms with Gasteiger partial charge in [0.25, 0.3) is 5.69 Å². The lowest BCUT2D eigenvalue weighted by Crippen LogP contribution is -1.91. The van der Waals surface area contributed by atoms with Crippen molar-refractivity contribution in [2.24, 2.45) is 5.10 Å². The lowest BCUT2D eigenvalue weighted by Gasteiger charge is -1.94. The van der Waals surface area contributed by atoms with Crippen molar-refractivity contribution < 1.29 is 4.92 Å². The van der Waals surface area contributed by atoms with Gasteiger partial charge in [-0.05, 0) is 24.6 Å². The molecule has 1 aromatic carbocycles. The highest BCUT2D eigenvalue weighted by Gasteiger charge is 2.02. The summed E-state index contributed by atoms with van der Waals surface area (Å²) in [5.41, 5.74) is 4.58. The molecule has 7 heteroatoms. The Bertz CT molecular complexity index is 577. The standard InChI is InChI=1S/C11H10N4O2S/c1-8-7-18-11(13-8)14-12-6-9-2-4-10(5-3-9)15(16)17/h2-7H,1H3,(H,13,14)/b12-6-. The number of non-ortho nitro benzene ring substituents is 1. The van der Waals surface area contributed by atoms with Crippen LogP contribution in [0.2, 0.25) is 0 Å². The van der Waals surface area contributed by atoms with Gasteiger partial charge in [0.15, 0.2) is 0 Å². The molecule has 1 N–H and O–H groups in total. The molecule has 0 saturated heterocycles. The van der Waals surface area contributed by atoms with E-state index in [1.807, 2.05) is 12.3 Å². The predicted molar refractivity (Wildman–Crippen MR) is 71.2 cm³/mol. The van der Waals surface area contributed by atoms with Gasteiger partial charge in [-0.15, -0.1) is 11.3 Å². The van der Waals surface area contributed by atoms with Crippen LogP contribution < -0.4 is 5.43 Å². The summed E-state index contributed by atoms with van der Waals surface area (Å²) in [6.07, 6.45) is 1.58. The Labute approximate surface area is 107 Å². The van der Waals surface area contributed by atoms with Crippen LogP contribution in [0.5, 0.6) is 0 Å². The molecule has 2 aromatic rings. The molecule has 2 rings (SSSR count). The van der Waals surface area contributed by atoms with Crippen LogP contribution in [0.3, 0.4) is 0 Å². The summed E-state index contributed by atoms with van der Waals surface area (Å²) in [5, 5.41) is 17.1. The van der Waals surface area contributed by atoms with Gasteiger partial charge in [0.05, 0.1) is 16.8 Å². The van der Waals surface area contributed by atoms with E-state index in [9.17, 15) is 10.1 Å². The molecule has 0 atom stereocenters. The molecule has 92 valence electrons. The second kappa shape index (κ2) is 5.37. The first-order valence-electron chi connectivity index (χ1n) is 5.11. The molecule has 0 amide bonds. The van der Waals surface area contributed by atoms with E-state index in [4.69, 9.17) is 0 Å². The van der Waals surface area contributed by atoms with E-state index in [2.05, 4.69) is 15.5 Å². The topological polar surface area (TPSA) is 80.4 Å². The van der Waals surface area contributed by atoms with Crippen LogP contribution >= 0.6 is 11.3 Å². The van der Waals surface area contributed by atoms with Crippen molar-refractivity contribution in [2.45, 2.75) is 6.92 Å². The van der Waals surface area contributed by atoms with Crippen LogP contribution in [-0.2, 0) is 0 Å². The molecule has 18 heavy (non-hydrogen) atoms. The molecular weight excluding hydrogens is 252 g/mol. The normalized spacial score (nSPS) is 10.7. The van der Waals surface area contributed by atoms with E-state index >= 15 is 0 Å². The summed E-state index contributed by atoms with van der Waals surface area (Å²) in [7, 11) is 0. The van der Waals surface area contributed by atoms with Crippen molar-refractivity contribution in [3.8, 4) is 0 Å². The first-order chi connectivity index (χ1) is 8.65. The molecule has 6 nitrogen and oxygen atoms in total. The Hall–Kier alpha value is -2.28. The molecule has 0 aliphatic carbocycles. The largest absolute Gasteiger partial charge is 0.269 e. The van der Waals surface area contributed by atoms with Gasteiger partial charge >= 0.3 is 0 Å². The fourth-order valence-corrected chi connectivity index (χ4v) is 1.89. The van der Waals surface area contributed by atoms with Gasteiger partial charge in [0.1, 0.15) is 0 Å². The second-order valence-electron chi connectivity index (χ2n) is 3.51. The van der Waals surface area contributed by atoms with Crippen molar-refractivity contribution in [3.05, 3.63) is 51.0 Å². The summed E-state index contributed by atoms with van der Waals surface area (Å²) in [4.78, 5) is 14.2. The van der Waals surface area contributed by atoms with Crippen molar-refractivity contribution in [1.82, 2.24) is 4.98 Å². The third-order valence-corrected chi connectivity index (χ3v) is 2.96. The van der Waals surface area contributed by atoms with Crippen molar-refractivity contribution in [2.75, 3.05) is 5.43 Å². The fourth-order valence-electron chi connectivity index (χ4n) is 1.25. The lowest BCUT2D eigenvalue weighted by molar-refractivity contribution is -0.384. The Balaban J connectivity index is 1.98. The maximum atomic E-state index is 10.5. The van der Waals surface area contributed by atoms with Gasteiger partial charge in [-0.1, -0.05) is 0 Å². The number of anilines is 1. The monoisotopic (exact) mass is 262 g/mol. The third-order valence-electron chi connectivity index (χ3n) is 2.10. The third kappa shape index (κ3) is 3.11. The maximum absolute atomic E-state index is 10.5. The molecule has 0 aliphatic rings. The van der Waals surface area contributed by atoms with E-state index in [1.165, 1.54) is 23.5 Å². The summed E-state index contributed by atoms with van der Waals surface area (Å²) in [5.74, 6) is 0. The number of thiazole rings is 1. The molecule has 0 unspecified atom stereocenters. The van der Waals surface area contributed by atoms with Gasteiger partial charge in [-0.2, -0.15) is 5.10 Å². The summed E-state index contributed by atoms with van der Waals surface area (Å²) < 4.78 is 0. The predicted octanol–water partition coefficient (Wildman–Crippen LogP) is 2.81. The van der Waals surface area contributed by atoms with Crippen LogP contribution in [0.1, 0.15) is 11.3 Å². The number of aromatic nitrogens is 1. The zero-order valence-electron chi connectivity index (χ0n) is 9.53. The number of nitro groups is 1. The zero-order chi connectivity index (χ0) is 13.0. The number of nitro benzene ring substituents is 1. The Morgan fingerprint density at radius 3 is 2.72 bits per heavy atom. The van der Waals surface area contributed by atoms with Crippen molar-refractivity contribution >= 4 is 28.4 Å². The van der Waals surface area contributed by atoms with E-state index in [1.54, 1.807) is 18.3 Å². The summed E-state index contributed by atoms with van der Waals surface area (Å²) in [6.45, 7) is 1.90. The van der Waals surface area contributed by atoms with E-state index < -0.39 is 4.92 Å². The second-order valence-corrected chi connectivity index (χ2v) is 4.37. The lowest BCUT2D eigenvalue weighted by atomic mass is 10.2. The Morgan fingerprint density at radius 1 is 1.44 bits per heavy atom. The van der Waals surface area contributed by atoms with Crippen LogP contribution in [0, 0.1) is 17.0 Å². The summed E-state index contributed by atoms with van der Waals surface area (Å²) in [6, 6.07) is 6.15. The zero-order valence-corrected chi connectivity index (χ0v) is 10.3. The minimum atomic E-state index is -0.433. The maximum Gasteiger partial charge on any atom is 0.269 e. The van der Waals surface area contributed by atoms with E-state index in [0.717, 1.165) is 11.3 Å². The van der Waals surface area contributed by atoms with Crippen molar-refractivity contribution in [3.63, 3.8) is 0 Å². The number of rotatable bonds is 4.